The highest BCUT2D eigenvalue weighted by atomic mass is 19.4. The fourth-order valence-corrected chi connectivity index (χ4v) is 5.67. The Morgan fingerprint density at radius 3 is 2.73 bits per heavy atom. The summed E-state index contributed by atoms with van der Waals surface area (Å²) in [7, 11) is 1.68. The van der Waals surface area contributed by atoms with E-state index < -0.39 is 24.5 Å². The minimum absolute atomic E-state index is 0.0499. The van der Waals surface area contributed by atoms with Gasteiger partial charge in [0.25, 0.3) is 5.91 Å². The van der Waals surface area contributed by atoms with Crippen LogP contribution >= 0.6 is 0 Å². The molecule has 0 aliphatic carbocycles. The maximum absolute atomic E-state index is 14.4. The maximum Gasteiger partial charge on any atom is 0.393 e. The molecule has 1 atom stereocenters. The number of ether oxygens (including phenoxy) is 2. The van der Waals surface area contributed by atoms with Gasteiger partial charge in [-0.3, -0.25) is 20.0 Å². The Bertz CT molecular complexity index is 1640. The molecule has 2 N–H and O–H groups in total. The lowest BCUT2D eigenvalue weighted by atomic mass is 10.0. The fourth-order valence-electron chi connectivity index (χ4n) is 5.67. The van der Waals surface area contributed by atoms with E-state index in [1.54, 1.807) is 44.4 Å². The van der Waals surface area contributed by atoms with E-state index in [0.29, 0.717) is 53.6 Å². The van der Waals surface area contributed by atoms with Crippen LogP contribution in [0.5, 0.6) is 5.88 Å². The zero-order chi connectivity index (χ0) is 30.8. The van der Waals surface area contributed by atoms with E-state index in [0.717, 1.165) is 25.3 Å². The number of hydrogen-bond acceptors (Lipinski definition) is 8. The fraction of sp³-hybridized carbons (Fsp3) is 0.467. The monoisotopic (exact) mass is 612 g/mol. The van der Waals surface area contributed by atoms with Gasteiger partial charge in [-0.15, -0.1) is 0 Å². The van der Waals surface area contributed by atoms with E-state index in [9.17, 15) is 18.0 Å². The number of morpholine rings is 1. The molecule has 6 rings (SSSR count). The van der Waals surface area contributed by atoms with Crippen molar-refractivity contribution in [2.75, 3.05) is 56.6 Å². The highest BCUT2D eigenvalue weighted by Crippen LogP contribution is 2.35. The third kappa shape index (κ3) is 6.50. The van der Waals surface area contributed by atoms with E-state index in [2.05, 4.69) is 30.6 Å². The minimum atomic E-state index is -4.47. The highest BCUT2D eigenvalue weighted by Gasteiger charge is 2.40. The number of aryl methyl sites for hydroxylation is 2. The Kier molecular flexibility index (Phi) is 8.45. The molecule has 0 radical (unpaired) electrons. The summed E-state index contributed by atoms with van der Waals surface area (Å²) >= 11 is 0. The molecule has 1 aromatic carbocycles. The van der Waals surface area contributed by atoms with E-state index in [-0.39, 0.29) is 31.0 Å². The third-order valence-corrected chi connectivity index (χ3v) is 8.01. The standard InChI is InChI=1S/C30H35F3N8O3/c1-19-14-20-15-24(36-19)23-17-35-39(2)28(23)44-11-3-4-21(30(31,32)33)18-41-26-6-5-22(16-25(26)37-29(41)38-27(20)42)34-7-8-40-9-12-43-13-10-40/h5-6,14-17,21,34H,3-4,7-13,18H2,1-2H3,(H,37,38,42)/t21-/m1/s1. The number of nitrogens with one attached hydrogen (secondary N) is 2. The number of pyridine rings is 1. The zero-order valence-electron chi connectivity index (χ0n) is 24.7. The topological polar surface area (TPSA) is 111 Å². The number of rotatable bonds is 4. The van der Waals surface area contributed by atoms with Crippen molar-refractivity contribution >= 4 is 28.6 Å². The molecule has 11 nitrogen and oxygen atoms in total. The first-order chi connectivity index (χ1) is 21.2. The number of nitrogens with zero attached hydrogens (tertiary/aromatic N) is 6. The summed E-state index contributed by atoms with van der Waals surface area (Å²) in [5.74, 6) is -1.77. The van der Waals surface area contributed by atoms with Crippen LogP contribution in [0.3, 0.4) is 0 Å². The average Bonchev–Trinajstić information content (AvgIpc) is 3.52. The van der Waals surface area contributed by atoms with Crippen LogP contribution in [0.15, 0.2) is 36.5 Å². The van der Waals surface area contributed by atoms with Gasteiger partial charge in [-0.2, -0.15) is 18.3 Å². The van der Waals surface area contributed by atoms with Crippen molar-refractivity contribution in [3.05, 3.63) is 47.8 Å². The average molecular weight is 613 g/mol. The van der Waals surface area contributed by atoms with Crippen LogP contribution in [0, 0.1) is 12.8 Å². The zero-order valence-corrected chi connectivity index (χ0v) is 24.7. The van der Waals surface area contributed by atoms with E-state index in [1.165, 1.54) is 9.25 Å². The number of halogens is 3. The highest BCUT2D eigenvalue weighted by molar-refractivity contribution is 6.05. The molecular formula is C30H35F3N8O3. The second-order valence-electron chi connectivity index (χ2n) is 11.2. The van der Waals surface area contributed by atoms with Gasteiger partial charge in [0, 0.05) is 56.7 Å². The van der Waals surface area contributed by atoms with Gasteiger partial charge < -0.3 is 19.4 Å². The van der Waals surface area contributed by atoms with Crippen LogP contribution < -0.4 is 15.4 Å². The summed E-state index contributed by atoms with van der Waals surface area (Å²) in [6, 6.07) is 8.62. The normalized spacial score (nSPS) is 18.5. The summed E-state index contributed by atoms with van der Waals surface area (Å²) < 4.78 is 57.4. The van der Waals surface area contributed by atoms with Crippen molar-refractivity contribution in [1.82, 2.24) is 29.2 Å². The molecule has 14 heteroatoms. The molecule has 0 saturated carbocycles. The van der Waals surface area contributed by atoms with Gasteiger partial charge in [-0.1, -0.05) is 0 Å². The molecule has 5 heterocycles. The Morgan fingerprint density at radius 2 is 1.93 bits per heavy atom. The molecule has 234 valence electrons. The van der Waals surface area contributed by atoms with Gasteiger partial charge in [0.2, 0.25) is 11.8 Å². The Morgan fingerprint density at radius 1 is 1.11 bits per heavy atom. The van der Waals surface area contributed by atoms with Crippen LogP contribution in [-0.2, 0) is 18.3 Å². The van der Waals surface area contributed by atoms with Gasteiger partial charge in [0.05, 0.1) is 54.2 Å². The van der Waals surface area contributed by atoms with Crippen molar-refractivity contribution in [1.29, 1.82) is 0 Å². The molecule has 1 fully saturated rings. The van der Waals surface area contributed by atoms with Crippen LogP contribution in [0.2, 0.25) is 0 Å². The first-order valence-corrected chi connectivity index (χ1v) is 14.7. The largest absolute Gasteiger partial charge is 0.477 e. The second kappa shape index (κ2) is 12.4. The summed E-state index contributed by atoms with van der Waals surface area (Å²) in [4.78, 5) is 25.1. The molecule has 2 bridgehead atoms. The van der Waals surface area contributed by atoms with Crippen LogP contribution in [0.1, 0.15) is 28.9 Å². The van der Waals surface area contributed by atoms with E-state index >= 15 is 0 Å². The molecule has 4 aromatic rings. The van der Waals surface area contributed by atoms with Crippen molar-refractivity contribution < 1.29 is 27.4 Å². The van der Waals surface area contributed by atoms with Crippen LogP contribution in [-0.4, -0.2) is 87.3 Å². The Balaban J connectivity index is 1.35. The maximum atomic E-state index is 14.4. The van der Waals surface area contributed by atoms with Gasteiger partial charge in [0.1, 0.15) is 0 Å². The SMILES string of the molecule is Cc1cc2cc(n1)-c1cnn(C)c1OCCC[C@@H](C(F)(F)F)Cn1c(nc3cc(NCCN4CCOCC4)ccc31)NC2=O. The quantitative estimate of drug-likeness (QED) is 0.347. The van der Waals surface area contributed by atoms with Crippen molar-refractivity contribution in [3.8, 4) is 17.1 Å². The van der Waals surface area contributed by atoms with E-state index in [4.69, 9.17) is 9.47 Å². The number of carbonyl (C=O) groups excluding carboxylic acids is 1. The number of imidazole rings is 1. The number of anilines is 2. The molecule has 1 saturated heterocycles. The smallest absolute Gasteiger partial charge is 0.393 e. The number of hydrogen-bond donors (Lipinski definition) is 2. The van der Waals surface area contributed by atoms with Gasteiger partial charge in [0.15, 0.2) is 0 Å². The lowest BCUT2D eigenvalue weighted by Gasteiger charge is -2.26. The lowest BCUT2D eigenvalue weighted by Crippen LogP contribution is -2.38. The van der Waals surface area contributed by atoms with Gasteiger partial charge in [-0.05, 0) is 50.1 Å². The molecule has 44 heavy (non-hydrogen) atoms. The third-order valence-electron chi connectivity index (χ3n) is 8.01. The van der Waals surface area contributed by atoms with Gasteiger partial charge in [-0.25, -0.2) is 9.67 Å². The lowest BCUT2D eigenvalue weighted by molar-refractivity contribution is -0.180. The predicted molar refractivity (Wildman–Crippen MR) is 159 cm³/mol. The molecule has 2 aliphatic rings. The van der Waals surface area contributed by atoms with Crippen LogP contribution in [0.4, 0.5) is 24.8 Å². The number of aromatic nitrogens is 5. The summed E-state index contributed by atoms with van der Waals surface area (Å²) in [5, 5.41) is 10.4. The number of benzene rings is 1. The van der Waals surface area contributed by atoms with Crippen LogP contribution in [0.25, 0.3) is 22.3 Å². The van der Waals surface area contributed by atoms with Crippen molar-refractivity contribution in [2.24, 2.45) is 13.0 Å². The predicted octanol–water partition coefficient (Wildman–Crippen LogP) is 4.49. The molecule has 2 aliphatic heterocycles. The molecule has 0 spiro atoms. The van der Waals surface area contributed by atoms with Gasteiger partial charge >= 0.3 is 6.18 Å². The Labute approximate surface area is 252 Å². The minimum Gasteiger partial charge on any atom is -0.477 e. The summed E-state index contributed by atoms with van der Waals surface area (Å²) in [6.45, 7) is 6.14. The molecule has 1 amide bonds. The summed E-state index contributed by atoms with van der Waals surface area (Å²) in [5.41, 5.74) is 3.67. The van der Waals surface area contributed by atoms with Crippen molar-refractivity contribution in [3.63, 3.8) is 0 Å². The summed E-state index contributed by atoms with van der Waals surface area (Å²) in [6.07, 6.45) is -2.91. The Hall–Kier alpha value is -4.17. The molecule has 3 aromatic heterocycles. The van der Waals surface area contributed by atoms with E-state index in [1.807, 2.05) is 6.07 Å². The second-order valence-corrected chi connectivity index (χ2v) is 11.2. The number of amides is 1. The number of fused-ring (bicyclic) bond motifs is 7. The first-order valence-electron chi connectivity index (χ1n) is 14.7. The number of carbonyl (C=O) groups is 1. The molecular weight excluding hydrogens is 577 g/mol. The number of alkyl halides is 3. The molecule has 0 unspecified atom stereocenters. The van der Waals surface area contributed by atoms with Crippen molar-refractivity contribution in [2.45, 2.75) is 32.5 Å². The first kappa shape index (κ1) is 29.9.